The molecule has 0 aromatic heterocycles. The number of hydrogen-bond donors (Lipinski definition) is 4. The fourth-order valence-electron chi connectivity index (χ4n) is 1.58. The maximum Gasteiger partial charge on any atom is 0.327 e. The van der Waals surface area contributed by atoms with Gasteiger partial charge in [-0.25, -0.2) is 4.79 Å². The smallest absolute Gasteiger partial charge is 0.327 e. The molecule has 0 radical (unpaired) electrons. The molecule has 26 heavy (non-hydrogen) atoms. The van der Waals surface area contributed by atoms with Crippen LogP contribution in [-0.4, -0.2) is 55.6 Å². The summed E-state index contributed by atoms with van der Waals surface area (Å²) in [5.41, 5.74) is 4.01. The van der Waals surface area contributed by atoms with Crippen LogP contribution < -0.4 is 11.1 Å². The third kappa shape index (κ3) is 6.38. The lowest BCUT2D eigenvalue weighted by atomic mass is 10.2. The van der Waals surface area contributed by atoms with Gasteiger partial charge in [-0.2, -0.15) is 0 Å². The summed E-state index contributed by atoms with van der Waals surface area (Å²) >= 11 is 0. The number of rotatable bonds is 11. The first kappa shape index (κ1) is 21.5. The van der Waals surface area contributed by atoms with Crippen molar-refractivity contribution in [3.63, 3.8) is 0 Å². The predicted octanol–water partition coefficient (Wildman–Crippen LogP) is 1.16. The summed E-state index contributed by atoms with van der Waals surface area (Å²) in [7, 11) is 2.08. The second-order valence-corrected chi connectivity index (χ2v) is 7.32. The second kappa shape index (κ2) is 9.79. The highest BCUT2D eigenvalue weighted by molar-refractivity contribution is 8.76. The number of nitrogens with zero attached hydrogens (tertiary/aromatic N) is 2. The number of carboxylic acids is 2. The zero-order valence-electron chi connectivity index (χ0n) is 12.9. The molecule has 0 spiro atoms. The standard InChI is InChI=1S/C12H14N4O8S2/c13-7(11(17)18)4-25-26-5-9(12(19)20)14-8-2-1-6(15(21)22)3-10(8)16(23)24/h1-3,7,9,14H,4-5,13H2,(H,17,18)(H,19,20)/t7?,9-/m0/s1. The molecule has 0 aliphatic carbocycles. The van der Waals surface area contributed by atoms with Gasteiger partial charge >= 0.3 is 11.9 Å². The summed E-state index contributed by atoms with van der Waals surface area (Å²) in [5.74, 6) is -2.49. The first-order chi connectivity index (χ1) is 12.1. The van der Waals surface area contributed by atoms with Crippen molar-refractivity contribution in [2.24, 2.45) is 5.73 Å². The molecular weight excluding hydrogens is 392 g/mol. The Bertz CT molecular complexity index is 716. The van der Waals surface area contributed by atoms with Gasteiger partial charge in [0.05, 0.1) is 15.9 Å². The summed E-state index contributed by atoms with van der Waals surface area (Å²) in [6.45, 7) is 0. The topological polar surface area (TPSA) is 199 Å². The molecule has 14 heteroatoms. The Morgan fingerprint density at radius 1 is 1.12 bits per heavy atom. The third-order valence-electron chi connectivity index (χ3n) is 2.90. The van der Waals surface area contributed by atoms with Gasteiger partial charge in [0.2, 0.25) is 0 Å². The van der Waals surface area contributed by atoms with Gasteiger partial charge in [0, 0.05) is 17.6 Å². The minimum atomic E-state index is -1.30. The molecular formula is C12H14N4O8S2. The van der Waals surface area contributed by atoms with Crippen molar-refractivity contribution in [2.45, 2.75) is 12.1 Å². The highest BCUT2D eigenvalue weighted by Gasteiger charge is 2.25. The summed E-state index contributed by atoms with van der Waals surface area (Å²) in [6, 6.07) is 0.467. The number of carbonyl (C=O) groups is 2. The molecule has 0 bridgehead atoms. The van der Waals surface area contributed by atoms with Gasteiger partial charge in [0.25, 0.3) is 11.4 Å². The van der Waals surface area contributed by atoms with Crippen molar-refractivity contribution >= 4 is 50.6 Å². The van der Waals surface area contributed by atoms with Crippen LogP contribution in [0.3, 0.4) is 0 Å². The average molecular weight is 406 g/mol. The molecule has 142 valence electrons. The van der Waals surface area contributed by atoms with Crippen LogP contribution in [0.2, 0.25) is 0 Å². The Morgan fingerprint density at radius 3 is 2.23 bits per heavy atom. The molecule has 0 aliphatic heterocycles. The van der Waals surface area contributed by atoms with Gasteiger partial charge in [0.15, 0.2) is 0 Å². The first-order valence-corrected chi connectivity index (χ1v) is 9.27. The number of carboxylic acid groups (broad SMARTS) is 2. The largest absolute Gasteiger partial charge is 0.480 e. The molecule has 1 aromatic rings. The number of hydrogen-bond acceptors (Lipinski definition) is 10. The summed E-state index contributed by atoms with van der Waals surface area (Å²) in [5, 5.41) is 42.1. The molecule has 0 fully saturated rings. The molecule has 0 saturated carbocycles. The van der Waals surface area contributed by atoms with Crippen molar-refractivity contribution in [3.05, 3.63) is 38.4 Å². The number of non-ortho nitro benzene ring substituents is 1. The molecule has 12 nitrogen and oxygen atoms in total. The minimum absolute atomic E-state index is 0.0457. The van der Waals surface area contributed by atoms with E-state index in [0.717, 1.165) is 39.8 Å². The third-order valence-corrected chi connectivity index (χ3v) is 5.35. The van der Waals surface area contributed by atoms with E-state index in [1.807, 2.05) is 0 Å². The molecule has 0 heterocycles. The summed E-state index contributed by atoms with van der Waals surface area (Å²) in [4.78, 5) is 42.0. The Morgan fingerprint density at radius 2 is 1.73 bits per heavy atom. The summed E-state index contributed by atoms with van der Waals surface area (Å²) in [6.07, 6.45) is 0. The van der Waals surface area contributed by atoms with Crippen molar-refractivity contribution in [2.75, 3.05) is 16.8 Å². The van der Waals surface area contributed by atoms with Crippen LogP contribution in [-0.2, 0) is 9.59 Å². The van der Waals surface area contributed by atoms with Gasteiger partial charge in [-0.05, 0) is 6.07 Å². The number of nitrogens with one attached hydrogen (secondary N) is 1. The van der Waals surface area contributed by atoms with E-state index in [9.17, 15) is 34.9 Å². The number of aliphatic carboxylic acids is 2. The number of nitro groups is 2. The van der Waals surface area contributed by atoms with E-state index in [1.54, 1.807) is 0 Å². The highest BCUT2D eigenvalue weighted by atomic mass is 33.1. The lowest BCUT2D eigenvalue weighted by Gasteiger charge is -2.15. The Balaban J connectivity index is 2.81. The molecule has 2 atom stereocenters. The molecule has 1 aromatic carbocycles. The summed E-state index contributed by atoms with van der Waals surface area (Å²) < 4.78 is 0. The first-order valence-electron chi connectivity index (χ1n) is 6.78. The second-order valence-electron chi connectivity index (χ2n) is 4.76. The minimum Gasteiger partial charge on any atom is -0.480 e. The van der Waals surface area contributed by atoms with Crippen LogP contribution in [0.1, 0.15) is 0 Å². The number of nitrogens with two attached hydrogens (primary N) is 1. The van der Waals surface area contributed by atoms with Crippen molar-refractivity contribution in [1.29, 1.82) is 0 Å². The van der Waals surface area contributed by atoms with Crippen LogP contribution in [0, 0.1) is 20.2 Å². The number of anilines is 1. The number of nitro benzene ring substituents is 2. The van der Waals surface area contributed by atoms with Gasteiger partial charge in [-0.15, -0.1) is 0 Å². The van der Waals surface area contributed by atoms with E-state index in [1.165, 1.54) is 0 Å². The molecule has 0 amide bonds. The monoisotopic (exact) mass is 406 g/mol. The van der Waals surface area contributed by atoms with Gasteiger partial charge < -0.3 is 21.3 Å². The SMILES string of the molecule is NC(CSSC[C@H](Nc1ccc([N+](=O)[O-])cc1[N+](=O)[O-])C(=O)O)C(=O)O. The van der Waals surface area contributed by atoms with Crippen molar-refractivity contribution < 1.29 is 29.6 Å². The Hall–Kier alpha value is -2.58. The zero-order valence-corrected chi connectivity index (χ0v) is 14.6. The van der Waals surface area contributed by atoms with Gasteiger partial charge in [-0.3, -0.25) is 25.0 Å². The van der Waals surface area contributed by atoms with E-state index in [0.29, 0.717) is 0 Å². The van der Waals surface area contributed by atoms with E-state index >= 15 is 0 Å². The fraction of sp³-hybridized carbons (Fsp3) is 0.333. The molecule has 5 N–H and O–H groups in total. The van der Waals surface area contributed by atoms with Crippen LogP contribution in [0.15, 0.2) is 18.2 Å². The molecule has 0 saturated heterocycles. The van der Waals surface area contributed by atoms with Crippen LogP contribution in [0.5, 0.6) is 0 Å². The van der Waals surface area contributed by atoms with E-state index < -0.39 is 45.2 Å². The molecule has 0 aliphatic rings. The maximum atomic E-state index is 11.3. The molecule has 1 unspecified atom stereocenters. The van der Waals surface area contributed by atoms with Crippen molar-refractivity contribution in [3.8, 4) is 0 Å². The van der Waals surface area contributed by atoms with Crippen LogP contribution in [0.4, 0.5) is 17.1 Å². The molecule has 1 rings (SSSR count). The zero-order chi connectivity index (χ0) is 19.9. The average Bonchev–Trinajstić information content (AvgIpc) is 2.56. The normalized spacial score (nSPS) is 12.8. The Labute approximate surface area is 153 Å². The fourth-order valence-corrected chi connectivity index (χ4v) is 3.85. The lowest BCUT2D eigenvalue weighted by molar-refractivity contribution is -0.393. The van der Waals surface area contributed by atoms with Crippen LogP contribution in [0.25, 0.3) is 0 Å². The van der Waals surface area contributed by atoms with Crippen molar-refractivity contribution in [1.82, 2.24) is 0 Å². The Kier molecular flexibility index (Phi) is 8.08. The quantitative estimate of drug-likeness (QED) is 0.177. The van der Waals surface area contributed by atoms with E-state index in [4.69, 9.17) is 10.8 Å². The van der Waals surface area contributed by atoms with E-state index in [2.05, 4.69) is 5.32 Å². The predicted molar refractivity (Wildman–Crippen MR) is 95.3 cm³/mol. The van der Waals surface area contributed by atoms with Gasteiger partial charge in [0.1, 0.15) is 17.8 Å². The number of benzene rings is 1. The van der Waals surface area contributed by atoms with Crippen LogP contribution >= 0.6 is 21.6 Å². The van der Waals surface area contributed by atoms with E-state index in [-0.39, 0.29) is 17.2 Å². The maximum absolute atomic E-state index is 11.3. The highest BCUT2D eigenvalue weighted by Crippen LogP contribution is 2.30. The lowest BCUT2D eigenvalue weighted by Crippen LogP contribution is -2.33. The van der Waals surface area contributed by atoms with Gasteiger partial charge in [-0.1, -0.05) is 21.6 Å².